The number of hydrogen-bond acceptors (Lipinski definition) is 2. The Labute approximate surface area is 75.4 Å². The average Bonchev–Trinajstić information content (AvgIpc) is 2.63. The van der Waals surface area contributed by atoms with E-state index in [1.165, 1.54) is 13.3 Å². The van der Waals surface area contributed by atoms with Gasteiger partial charge in [0, 0.05) is 12.3 Å². The Morgan fingerprint density at radius 1 is 1.82 bits per heavy atom. The fourth-order valence-electron chi connectivity index (χ4n) is 1.37. The molecule has 1 fully saturated rings. The van der Waals surface area contributed by atoms with Crippen LogP contribution >= 0.6 is 15.9 Å². The molecule has 2 nitrogen and oxygen atoms in total. The summed E-state index contributed by atoms with van der Waals surface area (Å²) < 4.78 is 5.05. The topological polar surface area (TPSA) is 26.3 Å². The van der Waals surface area contributed by atoms with Crippen molar-refractivity contribution < 1.29 is 9.53 Å². The lowest BCUT2D eigenvalue weighted by Crippen LogP contribution is -2.15. The Hall–Kier alpha value is -0.0500. The molecule has 11 heavy (non-hydrogen) atoms. The quantitative estimate of drug-likeness (QED) is 0.538. The summed E-state index contributed by atoms with van der Waals surface area (Å²) in [6.45, 7) is 3.43. The van der Waals surface area contributed by atoms with Gasteiger partial charge in [0.25, 0.3) is 0 Å². The van der Waals surface area contributed by atoms with Gasteiger partial charge in [-0.05, 0) is 25.2 Å². The average molecular weight is 221 g/mol. The van der Waals surface area contributed by atoms with Gasteiger partial charge in [-0.25, -0.2) is 0 Å². The van der Waals surface area contributed by atoms with Crippen LogP contribution in [-0.2, 0) is 9.53 Å². The van der Waals surface area contributed by atoms with Gasteiger partial charge in [0.15, 0.2) is 0 Å². The van der Waals surface area contributed by atoms with E-state index < -0.39 is 0 Å². The van der Waals surface area contributed by atoms with Crippen LogP contribution in [-0.4, -0.2) is 17.4 Å². The Bertz CT molecular complexity index is 158. The van der Waals surface area contributed by atoms with Gasteiger partial charge in [0.1, 0.15) is 6.10 Å². The minimum atomic E-state index is -0.169. The van der Waals surface area contributed by atoms with E-state index in [0.29, 0.717) is 5.92 Å². The van der Waals surface area contributed by atoms with E-state index in [2.05, 4.69) is 15.9 Å². The highest BCUT2D eigenvalue weighted by atomic mass is 79.9. The van der Waals surface area contributed by atoms with Gasteiger partial charge in [-0.3, -0.25) is 4.79 Å². The van der Waals surface area contributed by atoms with Crippen molar-refractivity contribution in [3.63, 3.8) is 0 Å². The van der Waals surface area contributed by atoms with Crippen molar-refractivity contribution in [1.82, 2.24) is 0 Å². The SMILES string of the molecule is CC(=O)OC(C)C1CC1CBr. The zero-order chi connectivity index (χ0) is 8.43. The number of ether oxygens (including phenoxy) is 1. The molecule has 0 radical (unpaired) electrons. The second kappa shape index (κ2) is 3.57. The number of carbonyl (C=O) groups is 1. The highest BCUT2D eigenvalue weighted by molar-refractivity contribution is 9.09. The summed E-state index contributed by atoms with van der Waals surface area (Å²) in [6, 6.07) is 0. The van der Waals surface area contributed by atoms with Crippen LogP contribution in [0.3, 0.4) is 0 Å². The predicted octanol–water partition coefficient (Wildman–Crippen LogP) is 1.97. The maximum atomic E-state index is 10.5. The highest BCUT2D eigenvalue weighted by Crippen LogP contribution is 2.43. The number of hydrogen-bond donors (Lipinski definition) is 0. The van der Waals surface area contributed by atoms with Crippen molar-refractivity contribution in [3.05, 3.63) is 0 Å². The predicted molar refractivity (Wildman–Crippen MR) is 46.6 cm³/mol. The molecule has 1 saturated carbocycles. The molecule has 0 saturated heterocycles. The van der Waals surface area contributed by atoms with Gasteiger partial charge < -0.3 is 4.74 Å². The van der Waals surface area contributed by atoms with E-state index in [0.717, 1.165) is 11.2 Å². The summed E-state index contributed by atoms with van der Waals surface area (Å²) in [7, 11) is 0. The van der Waals surface area contributed by atoms with E-state index in [-0.39, 0.29) is 12.1 Å². The van der Waals surface area contributed by atoms with Gasteiger partial charge in [0.05, 0.1) is 0 Å². The zero-order valence-electron chi connectivity index (χ0n) is 6.84. The van der Waals surface area contributed by atoms with Crippen LogP contribution in [0.1, 0.15) is 20.3 Å². The Morgan fingerprint density at radius 3 is 2.82 bits per heavy atom. The molecule has 1 rings (SSSR count). The molecule has 0 aromatic rings. The van der Waals surface area contributed by atoms with Crippen molar-refractivity contribution in [1.29, 1.82) is 0 Å². The summed E-state index contributed by atoms with van der Waals surface area (Å²) in [5.74, 6) is 1.15. The molecule has 0 aliphatic heterocycles. The number of alkyl halides is 1. The molecule has 3 heteroatoms. The second-order valence-corrected chi connectivity index (χ2v) is 3.78. The van der Waals surface area contributed by atoms with Gasteiger partial charge in [0.2, 0.25) is 0 Å². The Morgan fingerprint density at radius 2 is 2.45 bits per heavy atom. The van der Waals surface area contributed by atoms with Crippen LogP contribution in [0.25, 0.3) is 0 Å². The Kier molecular flexibility index (Phi) is 2.93. The first-order valence-corrected chi connectivity index (χ1v) is 5.00. The van der Waals surface area contributed by atoms with Crippen molar-refractivity contribution >= 4 is 21.9 Å². The van der Waals surface area contributed by atoms with Crippen LogP contribution in [0.4, 0.5) is 0 Å². The van der Waals surface area contributed by atoms with E-state index in [1.54, 1.807) is 0 Å². The molecular weight excluding hydrogens is 208 g/mol. The largest absolute Gasteiger partial charge is 0.463 e. The van der Waals surface area contributed by atoms with Crippen LogP contribution in [0.15, 0.2) is 0 Å². The smallest absolute Gasteiger partial charge is 0.302 e. The summed E-state index contributed by atoms with van der Waals surface area (Å²) in [5, 5.41) is 1.03. The maximum Gasteiger partial charge on any atom is 0.302 e. The van der Waals surface area contributed by atoms with E-state index in [1.807, 2.05) is 6.92 Å². The molecule has 3 unspecified atom stereocenters. The van der Waals surface area contributed by atoms with Crippen molar-refractivity contribution in [2.75, 3.05) is 5.33 Å². The third kappa shape index (κ3) is 2.47. The third-order valence-corrected chi connectivity index (χ3v) is 2.96. The first kappa shape index (κ1) is 9.04. The first-order chi connectivity index (χ1) is 5.15. The fraction of sp³-hybridized carbons (Fsp3) is 0.875. The van der Waals surface area contributed by atoms with Gasteiger partial charge in [-0.15, -0.1) is 0 Å². The second-order valence-electron chi connectivity index (χ2n) is 3.13. The summed E-state index contributed by atoms with van der Waals surface area (Å²) in [6.07, 6.45) is 1.30. The lowest BCUT2D eigenvalue weighted by Gasteiger charge is -2.10. The van der Waals surface area contributed by atoms with Crippen molar-refractivity contribution in [2.24, 2.45) is 11.8 Å². The maximum absolute atomic E-state index is 10.5. The monoisotopic (exact) mass is 220 g/mol. The minimum Gasteiger partial charge on any atom is -0.463 e. The highest BCUT2D eigenvalue weighted by Gasteiger charge is 2.41. The summed E-state index contributed by atoms with van der Waals surface area (Å²) in [4.78, 5) is 10.5. The zero-order valence-corrected chi connectivity index (χ0v) is 8.43. The molecule has 0 bridgehead atoms. The Balaban J connectivity index is 2.22. The molecule has 1 aliphatic carbocycles. The van der Waals surface area contributed by atoms with Crippen molar-refractivity contribution in [3.8, 4) is 0 Å². The number of rotatable bonds is 3. The molecular formula is C8H13BrO2. The lowest BCUT2D eigenvalue weighted by molar-refractivity contribution is -0.146. The molecule has 0 amide bonds. The standard InChI is InChI=1S/C8H13BrO2/c1-5(11-6(2)10)8-3-7(8)4-9/h5,7-8H,3-4H2,1-2H3. The molecule has 0 heterocycles. The van der Waals surface area contributed by atoms with Crippen LogP contribution in [0, 0.1) is 11.8 Å². The van der Waals surface area contributed by atoms with Crippen molar-refractivity contribution in [2.45, 2.75) is 26.4 Å². The molecule has 1 aliphatic rings. The summed E-state index contributed by atoms with van der Waals surface area (Å²) >= 11 is 3.41. The number of halogens is 1. The van der Waals surface area contributed by atoms with E-state index in [9.17, 15) is 4.79 Å². The molecule has 3 atom stereocenters. The van der Waals surface area contributed by atoms with Crippen LogP contribution < -0.4 is 0 Å². The number of carbonyl (C=O) groups excluding carboxylic acids is 1. The number of esters is 1. The molecule has 0 aromatic heterocycles. The van der Waals surface area contributed by atoms with Gasteiger partial charge in [-0.1, -0.05) is 15.9 Å². The first-order valence-electron chi connectivity index (χ1n) is 3.88. The van der Waals surface area contributed by atoms with E-state index in [4.69, 9.17) is 4.74 Å². The third-order valence-electron chi connectivity index (χ3n) is 2.13. The molecule has 0 aromatic carbocycles. The lowest BCUT2D eigenvalue weighted by atomic mass is 10.2. The van der Waals surface area contributed by atoms with Crippen LogP contribution in [0.2, 0.25) is 0 Å². The minimum absolute atomic E-state index is 0.107. The van der Waals surface area contributed by atoms with Gasteiger partial charge in [-0.2, -0.15) is 0 Å². The molecule has 0 N–H and O–H groups in total. The van der Waals surface area contributed by atoms with Gasteiger partial charge >= 0.3 is 5.97 Å². The molecule has 0 spiro atoms. The van der Waals surface area contributed by atoms with Crippen LogP contribution in [0.5, 0.6) is 0 Å². The molecule has 64 valence electrons. The fourth-order valence-corrected chi connectivity index (χ4v) is 2.12. The normalized spacial score (nSPS) is 31.2. The van der Waals surface area contributed by atoms with E-state index >= 15 is 0 Å². The summed E-state index contributed by atoms with van der Waals surface area (Å²) in [5.41, 5.74) is 0.